The van der Waals surface area contributed by atoms with E-state index in [9.17, 15) is 4.79 Å². The number of hydrogen-bond donors (Lipinski definition) is 1. The molecule has 1 amide bonds. The smallest absolute Gasteiger partial charge is 0.251 e. The van der Waals surface area contributed by atoms with Crippen LogP contribution in [-0.4, -0.2) is 74.4 Å². The highest BCUT2D eigenvalue weighted by Crippen LogP contribution is 2.25. The fraction of sp³-hybridized carbons (Fsp3) is 0.429. The predicted molar refractivity (Wildman–Crippen MR) is 139 cm³/mol. The van der Waals surface area contributed by atoms with Crippen molar-refractivity contribution in [2.75, 3.05) is 47.4 Å². The maximum absolute atomic E-state index is 12.5. The minimum absolute atomic E-state index is 0.0596. The van der Waals surface area contributed by atoms with E-state index in [-0.39, 0.29) is 12.0 Å². The third-order valence-electron chi connectivity index (χ3n) is 6.32. The minimum atomic E-state index is -0.0596. The molecule has 1 saturated heterocycles. The van der Waals surface area contributed by atoms with Gasteiger partial charge in [-0.2, -0.15) is 0 Å². The summed E-state index contributed by atoms with van der Waals surface area (Å²) in [7, 11) is 5.71. The lowest BCUT2D eigenvalue weighted by Crippen LogP contribution is -2.37. The van der Waals surface area contributed by atoms with Crippen molar-refractivity contribution in [1.29, 1.82) is 0 Å². The quantitative estimate of drug-likeness (QED) is 0.404. The molecule has 192 valence electrons. The van der Waals surface area contributed by atoms with Crippen LogP contribution >= 0.6 is 0 Å². The molecule has 0 radical (unpaired) electrons. The van der Waals surface area contributed by atoms with Crippen LogP contribution in [0, 0.1) is 0 Å². The molecule has 8 heteroatoms. The number of benzene rings is 2. The summed E-state index contributed by atoms with van der Waals surface area (Å²) in [5.74, 6) is 2.26. The number of ether oxygens (including phenoxy) is 2. The molecule has 4 rings (SSSR count). The third-order valence-corrected chi connectivity index (χ3v) is 6.32. The Bertz CT molecular complexity index is 1100. The van der Waals surface area contributed by atoms with Crippen molar-refractivity contribution in [3.63, 3.8) is 0 Å². The molecule has 1 aromatic heterocycles. The van der Waals surface area contributed by atoms with Crippen molar-refractivity contribution >= 4 is 5.91 Å². The molecule has 0 unspecified atom stereocenters. The summed E-state index contributed by atoms with van der Waals surface area (Å²) < 4.78 is 17.0. The molecule has 1 aliphatic rings. The van der Waals surface area contributed by atoms with Crippen molar-refractivity contribution in [2.24, 2.45) is 0 Å². The predicted octanol–water partition coefficient (Wildman–Crippen LogP) is 4.08. The van der Waals surface area contributed by atoms with Crippen molar-refractivity contribution in [1.82, 2.24) is 20.3 Å². The molecule has 1 fully saturated rings. The second kappa shape index (κ2) is 12.6. The van der Waals surface area contributed by atoms with Crippen LogP contribution in [0.15, 0.2) is 59.1 Å². The van der Waals surface area contributed by atoms with E-state index in [2.05, 4.69) is 20.3 Å². The van der Waals surface area contributed by atoms with E-state index < -0.39 is 0 Å². The van der Waals surface area contributed by atoms with Crippen LogP contribution in [-0.2, 0) is 6.54 Å². The molecule has 2 heterocycles. The van der Waals surface area contributed by atoms with Crippen LogP contribution in [0.2, 0.25) is 0 Å². The van der Waals surface area contributed by atoms with Crippen LogP contribution in [0.5, 0.6) is 11.5 Å². The first kappa shape index (κ1) is 25.7. The van der Waals surface area contributed by atoms with Gasteiger partial charge in [-0.3, -0.25) is 9.69 Å². The number of hydrogen-bond acceptors (Lipinski definition) is 7. The lowest BCUT2D eigenvalue weighted by molar-refractivity contribution is 0.0931. The maximum atomic E-state index is 12.5. The Morgan fingerprint density at radius 2 is 1.89 bits per heavy atom. The highest BCUT2D eigenvalue weighted by molar-refractivity contribution is 5.94. The van der Waals surface area contributed by atoms with Gasteiger partial charge in [-0.05, 0) is 82.4 Å². The summed E-state index contributed by atoms with van der Waals surface area (Å²) in [6.07, 6.45) is 2.89. The van der Waals surface area contributed by atoms with Gasteiger partial charge < -0.3 is 24.2 Å². The molecule has 3 aromatic rings. The van der Waals surface area contributed by atoms with E-state index in [1.807, 2.05) is 68.7 Å². The van der Waals surface area contributed by atoms with Crippen molar-refractivity contribution in [2.45, 2.75) is 31.9 Å². The number of carbonyl (C=O) groups is 1. The Morgan fingerprint density at radius 3 is 2.61 bits per heavy atom. The van der Waals surface area contributed by atoms with Crippen LogP contribution in [0.1, 0.15) is 35.3 Å². The largest absolute Gasteiger partial charge is 0.497 e. The number of amides is 1. The summed E-state index contributed by atoms with van der Waals surface area (Å²) >= 11 is 0. The minimum Gasteiger partial charge on any atom is -0.497 e. The lowest BCUT2D eigenvalue weighted by atomic mass is 10.1. The Labute approximate surface area is 213 Å². The summed E-state index contributed by atoms with van der Waals surface area (Å²) in [6.45, 7) is 4.19. The summed E-state index contributed by atoms with van der Waals surface area (Å²) in [5, 5.41) is 7.24. The molecule has 1 N–H and O–H groups in total. The van der Waals surface area contributed by atoms with Gasteiger partial charge in [0.25, 0.3) is 5.91 Å². The number of likely N-dealkylation sites (tertiary alicyclic amines) is 1. The normalized spacial score (nSPS) is 14.7. The van der Waals surface area contributed by atoms with E-state index in [4.69, 9.17) is 14.0 Å². The number of rotatable bonds is 11. The Hall–Kier alpha value is -3.36. The molecular formula is C28H36N4O4. The average molecular weight is 493 g/mol. The zero-order chi connectivity index (χ0) is 25.3. The molecule has 2 aromatic carbocycles. The number of methoxy groups -OCH3 is 1. The van der Waals surface area contributed by atoms with Gasteiger partial charge in [0.05, 0.1) is 12.8 Å². The zero-order valence-corrected chi connectivity index (χ0v) is 21.4. The van der Waals surface area contributed by atoms with Crippen molar-refractivity contribution in [3.05, 3.63) is 65.9 Å². The van der Waals surface area contributed by atoms with Gasteiger partial charge in [-0.1, -0.05) is 11.2 Å². The Balaban J connectivity index is 1.22. The molecule has 0 spiro atoms. The number of carbonyl (C=O) groups excluding carboxylic acids is 1. The van der Waals surface area contributed by atoms with Gasteiger partial charge in [-0.15, -0.1) is 0 Å². The molecule has 0 aliphatic carbocycles. The first-order valence-electron chi connectivity index (χ1n) is 12.5. The van der Waals surface area contributed by atoms with Crippen LogP contribution in [0.4, 0.5) is 0 Å². The molecular weight excluding hydrogens is 456 g/mol. The molecule has 0 atom stereocenters. The fourth-order valence-electron chi connectivity index (χ4n) is 4.29. The van der Waals surface area contributed by atoms with E-state index >= 15 is 0 Å². The molecule has 0 saturated carbocycles. The standard InChI is InChI=1S/C28H36N4O4/c1-31(2)15-5-14-29-28(33)22-6-4-7-26(18-22)35-25-12-16-32(17-13-25)20-23-19-27(36-30-23)21-8-10-24(34-3)11-9-21/h4,6-11,18-19,25H,5,12-17,20H2,1-3H3,(H,29,33). The number of piperidine rings is 1. The van der Waals surface area contributed by atoms with E-state index in [0.717, 1.165) is 74.0 Å². The van der Waals surface area contributed by atoms with Gasteiger partial charge in [0.15, 0.2) is 5.76 Å². The number of nitrogens with zero attached hydrogens (tertiary/aromatic N) is 3. The first-order valence-corrected chi connectivity index (χ1v) is 12.5. The number of aromatic nitrogens is 1. The second-order valence-corrected chi connectivity index (χ2v) is 9.44. The lowest BCUT2D eigenvalue weighted by Gasteiger charge is -2.31. The SMILES string of the molecule is COc1ccc(-c2cc(CN3CCC(Oc4cccc(C(=O)NCCCN(C)C)c4)CC3)no2)cc1. The first-order chi connectivity index (χ1) is 17.5. The highest BCUT2D eigenvalue weighted by atomic mass is 16.5. The van der Waals surface area contributed by atoms with Crippen LogP contribution in [0.25, 0.3) is 11.3 Å². The molecule has 8 nitrogen and oxygen atoms in total. The Morgan fingerprint density at radius 1 is 1.11 bits per heavy atom. The monoisotopic (exact) mass is 492 g/mol. The van der Waals surface area contributed by atoms with Crippen LogP contribution < -0.4 is 14.8 Å². The third kappa shape index (κ3) is 7.32. The molecule has 0 bridgehead atoms. The van der Waals surface area contributed by atoms with Gasteiger partial charge >= 0.3 is 0 Å². The van der Waals surface area contributed by atoms with Gasteiger partial charge in [0.1, 0.15) is 17.6 Å². The summed E-state index contributed by atoms with van der Waals surface area (Å²) in [6, 6.07) is 17.2. The van der Waals surface area contributed by atoms with Crippen molar-refractivity contribution < 1.29 is 18.8 Å². The molecule has 36 heavy (non-hydrogen) atoms. The second-order valence-electron chi connectivity index (χ2n) is 9.44. The zero-order valence-electron chi connectivity index (χ0n) is 21.4. The summed E-state index contributed by atoms with van der Waals surface area (Å²) in [4.78, 5) is 16.9. The van der Waals surface area contributed by atoms with Crippen molar-refractivity contribution in [3.8, 4) is 22.8 Å². The Kier molecular flexibility index (Phi) is 8.97. The maximum Gasteiger partial charge on any atom is 0.251 e. The van der Waals surface area contributed by atoms with E-state index in [1.54, 1.807) is 7.11 Å². The number of nitrogens with one attached hydrogen (secondary N) is 1. The highest BCUT2D eigenvalue weighted by Gasteiger charge is 2.22. The van der Waals surface area contributed by atoms with Crippen LogP contribution in [0.3, 0.4) is 0 Å². The molecule has 1 aliphatic heterocycles. The average Bonchev–Trinajstić information content (AvgIpc) is 3.36. The van der Waals surface area contributed by atoms with E-state index in [0.29, 0.717) is 12.1 Å². The summed E-state index contributed by atoms with van der Waals surface area (Å²) in [5.41, 5.74) is 2.53. The van der Waals surface area contributed by atoms with Gasteiger partial charge in [0, 0.05) is 43.4 Å². The van der Waals surface area contributed by atoms with Gasteiger partial charge in [0.2, 0.25) is 0 Å². The fourth-order valence-corrected chi connectivity index (χ4v) is 4.29. The topological polar surface area (TPSA) is 80.1 Å². The van der Waals surface area contributed by atoms with Gasteiger partial charge in [-0.25, -0.2) is 0 Å². The van der Waals surface area contributed by atoms with E-state index in [1.165, 1.54) is 0 Å².